The number of benzene rings is 2. The van der Waals surface area contributed by atoms with Crippen molar-refractivity contribution in [1.29, 1.82) is 0 Å². The predicted molar refractivity (Wildman–Crippen MR) is 111 cm³/mol. The number of nitrogens with zero attached hydrogens (tertiary/aromatic N) is 2. The van der Waals surface area contributed by atoms with E-state index in [0.29, 0.717) is 18.0 Å². The molecule has 1 N–H and O–H groups in total. The van der Waals surface area contributed by atoms with Gasteiger partial charge in [0.15, 0.2) is 0 Å². The standard InChI is InChI=1S/C22H25N3O3/c1-4-25(15-21(26)23-17-8-7-9-18(13-17)28-3)22(27)12-16-14-24(2)20-11-6-5-10-19(16)20/h5-11,13-14H,4,12,15H2,1-3H3,(H,23,26). The van der Waals surface area contributed by atoms with Gasteiger partial charge in [0, 0.05) is 42.4 Å². The molecular formula is C22H25N3O3. The van der Waals surface area contributed by atoms with Gasteiger partial charge in [-0.05, 0) is 30.7 Å². The van der Waals surface area contributed by atoms with Crippen molar-refractivity contribution in [3.63, 3.8) is 0 Å². The van der Waals surface area contributed by atoms with Crippen LogP contribution in [0.2, 0.25) is 0 Å². The Morgan fingerprint density at radius 2 is 1.93 bits per heavy atom. The minimum absolute atomic E-state index is 0.0112. The highest BCUT2D eigenvalue weighted by Gasteiger charge is 2.18. The fraction of sp³-hybridized carbons (Fsp3) is 0.273. The quantitative estimate of drug-likeness (QED) is 0.686. The molecule has 0 aliphatic heterocycles. The molecule has 146 valence electrons. The Bertz CT molecular complexity index is 994. The first-order valence-electron chi connectivity index (χ1n) is 9.26. The smallest absolute Gasteiger partial charge is 0.243 e. The summed E-state index contributed by atoms with van der Waals surface area (Å²) in [6, 6.07) is 15.1. The lowest BCUT2D eigenvalue weighted by molar-refractivity contribution is -0.133. The minimum Gasteiger partial charge on any atom is -0.497 e. The summed E-state index contributed by atoms with van der Waals surface area (Å²) in [4.78, 5) is 26.8. The number of rotatable bonds is 7. The van der Waals surface area contributed by atoms with Crippen molar-refractivity contribution >= 4 is 28.4 Å². The average Bonchev–Trinajstić information content (AvgIpc) is 3.02. The number of carbonyl (C=O) groups is 2. The predicted octanol–water partition coefficient (Wildman–Crippen LogP) is 3.22. The van der Waals surface area contributed by atoms with Crippen LogP contribution in [-0.4, -0.2) is 41.5 Å². The Morgan fingerprint density at radius 3 is 2.68 bits per heavy atom. The molecule has 28 heavy (non-hydrogen) atoms. The zero-order valence-corrected chi connectivity index (χ0v) is 16.4. The van der Waals surface area contributed by atoms with Crippen molar-refractivity contribution in [3.05, 3.63) is 60.3 Å². The molecule has 3 rings (SSSR count). The summed E-state index contributed by atoms with van der Waals surface area (Å²) in [7, 11) is 3.54. The molecule has 0 aliphatic rings. The summed E-state index contributed by atoms with van der Waals surface area (Å²) in [5.41, 5.74) is 2.70. The third-order valence-electron chi connectivity index (χ3n) is 4.74. The van der Waals surface area contributed by atoms with Gasteiger partial charge in [-0.15, -0.1) is 0 Å². The number of nitrogens with one attached hydrogen (secondary N) is 1. The molecule has 0 saturated carbocycles. The van der Waals surface area contributed by atoms with Crippen molar-refractivity contribution in [1.82, 2.24) is 9.47 Å². The van der Waals surface area contributed by atoms with E-state index in [4.69, 9.17) is 4.74 Å². The first-order chi connectivity index (χ1) is 13.5. The highest BCUT2D eigenvalue weighted by atomic mass is 16.5. The number of aryl methyl sites for hydroxylation is 1. The van der Waals surface area contributed by atoms with Gasteiger partial charge in [0.05, 0.1) is 20.1 Å². The van der Waals surface area contributed by atoms with E-state index in [1.54, 1.807) is 30.2 Å². The topological polar surface area (TPSA) is 63.6 Å². The molecule has 0 bridgehead atoms. The van der Waals surface area contributed by atoms with E-state index in [-0.39, 0.29) is 24.8 Å². The molecule has 0 spiro atoms. The third-order valence-corrected chi connectivity index (χ3v) is 4.74. The average molecular weight is 379 g/mol. The number of hydrogen-bond acceptors (Lipinski definition) is 3. The molecule has 3 aromatic rings. The second-order valence-electron chi connectivity index (χ2n) is 6.65. The SMILES string of the molecule is CCN(CC(=O)Nc1cccc(OC)c1)C(=O)Cc1cn(C)c2ccccc12. The lowest BCUT2D eigenvalue weighted by atomic mass is 10.1. The Labute approximate surface area is 164 Å². The van der Waals surface area contributed by atoms with Gasteiger partial charge < -0.3 is 19.5 Å². The summed E-state index contributed by atoms with van der Waals surface area (Å²) in [6.45, 7) is 2.35. The number of para-hydroxylation sites is 1. The van der Waals surface area contributed by atoms with Gasteiger partial charge in [0.2, 0.25) is 11.8 Å². The number of carbonyl (C=O) groups excluding carboxylic acids is 2. The fourth-order valence-corrected chi connectivity index (χ4v) is 3.29. The Hall–Kier alpha value is -3.28. The maximum Gasteiger partial charge on any atom is 0.243 e. The van der Waals surface area contributed by atoms with E-state index in [0.717, 1.165) is 16.5 Å². The van der Waals surface area contributed by atoms with Crippen LogP contribution >= 0.6 is 0 Å². The number of methoxy groups -OCH3 is 1. The number of amides is 2. The Morgan fingerprint density at radius 1 is 1.14 bits per heavy atom. The molecule has 0 unspecified atom stereocenters. The van der Waals surface area contributed by atoms with Gasteiger partial charge in [-0.25, -0.2) is 0 Å². The van der Waals surface area contributed by atoms with Gasteiger partial charge in [-0.3, -0.25) is 9.59 Å². The van der Waals surface area contributed by atoms with E-state index in [1.807, 2.05) is 55.1 Å². The number of fused-ring (bicyclic) bond motifs is 1. The summed E-state index contributed by atoms with van der Waals surface area (Å²) in [5, 5.41) is 3.88. The van der Waals surface area contributed by atoms with Crippen molar-refractivity contribution in [3.8, 4) is 5.75 Å². The molecule has 1 aromatic heterocycles. The monoisotopic (exact) mass is 379 g/mol. The highest BCUT2D eigenvalue weighted by molar-refractivity contribution is 5.96. The molecule has 0 saturated heterocycles. The van der Waals surface area contributed by atoms with Crippen LogP contribution in [0.25, 0.3) is 10.9 Å². The van der Waals surface area contributed by atoms with Crippen LogP contribution in [0.3, 0.4) is 0 Å². The Kier molecular flexibility index (Phi) is 5.99. The van der Waals surface area contributed by atoms with Crippen LogP contribution < -0.4 is 10.1 Å². The van der Waals surface area contributed by atoms with Crippen molar-refractivity contribution in [2.75, 3.05) is 25.5 Å². The zero-order chi connectivity index (χ0) is 20.1. The number of likely N-dealkylation sites (N-methyl/N-ethyl adjacent to an activating group) is 1. The largest absolute Gasteiger partial charge is 0.497 e. The summed E-state index contributed by atoms with van der Waals surface area (Å²) >= 11 is 0. The van der Waals surface area contributed by atoms with Crippen LogP contribution in [0.15, 0.2) is 54.7 Å². The van der Waals surface area contributed by atoms with Crippen molar-refractivity contribution in [2.24, 2.45) is 7.05 Å². The number of anilines is 1. The van der Waals surface area contributed by atoms with E-state index < -0.39 is 0 Å². The molecule has 6 nitrogen and oxygen atoms in total. The molecular weight excluding hydrogens is 354 g/mol. The lowest BCUT2D eigenvalue weighted by Crippen LogP contribution is -2.38. The van der Waals surface area contributed by atoms with E-state index in [9.17, 15) is 9.59 Å². The van der Waals surface area contributed by atoms with Gasteiger partial charge >= 0.3 is 0 Å². The first-order valence-corrected chi connectivity index (χ1v) is 9.26. The van der Waals surface area contributed by atoms with Crippen LogP contribution in [0.1, 0.15) is 12.5 Å². The zero-order valence-electron chi connectivity index (χ0n) is 16.4. The summed E-state index contributed by atoms with van der Waals surface area (Å²) in [6.07, 6.45) is 2.24. The molecule has 2 amide bonds. The fourth-order valence-electron chi connectivity index (χ4n) is 3.29. The summed E-state index contributed by atoms with van der Waals surface area (Å²) in [5.74, 6) is 0.359. The minimum atomic E-state index is -0.235. The van der Waals surface area contributed by atoms with Crippen molar-refractivity contribution < 1.29 is 14.3 Å². The van der Waals surface area contributed by atoms with Crippen LogP contribution in [-0.2, 0) is 23.1 Å². The number of hydrogen-bond donors (Lipinski definition) is 1. The maximum absolute atomic E-state index is 12.8. The van der Waals surface area contributed by atoms with Crippen molar-refractivity contribution in [2.45, 2.75) is 13.3 Å². The lowest BCUT2D eigenvalue weighted by Gasteiger charge is -2.20. The van der Waals surface area contributed by atoms with E-state index in [2.05, 4.69) is 5.32 Å². The normalized spacial score (nSPS) is 10.7. The highest BCUT2D eigenvalue weighted by Crippen LogP contribution is 2.21. The van der Waals surface area contributed by atoms with Crippen LogP contribution in [0, 0.1) is 0 Å². The van der Waals surface area contributed by atoms with Gasteiger partial charge in [0.1, 0.15) is 5.75 Å². The maximum atomic E-state index is 12.8. The van der Waals surface area contributed by atoms with Gasteiger partial charge in [0.25, 0.3) is 0 Å². The third kappa shape index (κ3) is 4.34. The molecule has 0 aliphatic carbocycles. The number of aromatic nitrogens is 1. The Balaban J connectivity index is 1.66. The first kappa shape index (κ1) is 19.5. The molecule has 0 fully saturated rings. The van der Waals surface area contributed by atoms with Crippen LogP contribution in [0.4, 0.5) is 5.69 Å². The molecule has 2 aromatic carbocycles. The number of ether oxygens (including phenoxy) is 1. The second kappa shape index (κ2) is 8.61. The molecule has 6 heteroatoms. The molecule has 0 radical (unpaired) electrons. The molecule has 1 heterocycles. The van der Waals surface area contributed by atoms with E-state index in [1.165, 1.54) is 0 Å². The van der Waals surface area contributed by atoms with Crippen LogP contribution in [0.5, 0.6) is 5.75 Å². The van der Waals surface area contributed by atoms with Gasteiger partial charge in [-0.2, -0.15) is 0 Å². The molecule has 0 atom stereocenters. The van der Waals surface area contributed by atoms with E-state index >= 15 is 0 Å². The second-order valence-corrected chi connectivity index (χ2v) is 6.65. The summed E-state index contributed by atoms with van der Waals surface area (Å²) < 4.78 is 7.18. The van der Waals surface area contributed by atoms with Gasteiger partial charge in [-0.1, -0.05) is 24.3 Å².